The second kappa shape index (κ2) is 2.58. The van der Waals surface area contributed by atoms with Crippen molar-refractivity contribution in [1.29, 1.82) is 0 Å². The van der Waals surface area contributed by atoms with E-state index in [0.29, 0.717) is 0 Å². The van der Waals surface area contributed by atoms with Crippen molar-refractivity contribution in [2.24, 2.45) is 0 Å². The molecule has 3 rings (SSSR count). The molecular weight excluding hydrogens is 208 g/mol. The van der Waals surface area contributed by atoms with Crippen LogP contribution in [0.15, 0.2) is 12.2 Å². The van der Waals surface area contributed by atoms with Gasteiger partial charge in [-0.1, -0.05) is 0 Å². The summed E-state index contributed by atoms with van der Waals surface area (Å²) in [5.74, 6) is -0.701. The molecule has 2 bridgehead atoms. The minimum atomic E-state index is -0.901. The van der Waals surface area contributed by atoms with E-state index in [4.69, 9.17) is 14.2 Å². The molecule has 0 aliphatic carbocycles. The molecule has 4 atom stereocenters. The van der Waals surface area contributed by atoms with Gasteiger partial charge in [-0.3, -0.25) is 4.79 Å². The maximum Gasteiger partial charge on any atom is 0.189 e. The number of fused-ring (bicyclic) bond motifs is 5. The molecule has 0 N–H and O–H groups in total. The van der Waals surface area contributed by atoms with Gasteiger partial charge in [0.05, 0.1) is 0 Å². The second-order valence-corrected chi connectivity index (χ2v) is 5.55. The predicted octanol–water partition coefficient (Wildman–Crippen LogP) is 1.19. The van der Waals surface area contributed by atoms with Gasteiger partial charge in [0.2, 0.25) is 0 Å². The van der Waals surface area contributed by atoms with Crippen LogP contribution in [-0.4, -0.2) is 35.0 Å². The van der Waals surface area contributed by atoms with E-state index in [9.17, 15) is 4.79 Å². The van der Waals surface area contributed by atoms with Gasteiger partial charge in [0, 0.05) is 0 Å². The van der Waals surface area contributed by atoms with Crippen LogP contribution < -0.4 is 0 Å². The molecule has 3 aliphatic rings. The summed E-state index contributed by atoms with van der Waals surface area (Å²) in [7, 11) is 0. The lowest BCUT2D eigenvalue weighted by molar-refractivity contribution is -0.211. The lowest BCUT2D eigenvalue weighted by Gasteiger charge is -2.31. The summed E-state index contributed by atoms with van der Waals surface area (Å²) in [6.45, 7) is 7.46. The zero-order valence-corrected chi connectivity index (χ0v) is 9.94. The van der Waals surface area contributed by atoms with Crippen molar-refractivity contribution in [3.05, 3.63) is 12.2 Å². The summed E-state index contributed by atoms with van der Waals surface area (Å²) < 4.78 is 17.6. The topological polar surface area (TPSA) is 44.8 Å². The number of carbonyl (C=O) groups excluding carboxylic acids is 1. The molecule has 4 heteroatoms. The molecule has 3 heterocycles. The van der Waals surface area contributed by atoms with Crippen LogP contribution in [0.25, 0.3) is 0 Å². The third-order valence-electron chi connectivity index (χ3n) is 3.74. The molecule has 0 aromatic heterocycles. The van der Waals surface area contributed by atoms with E-state index in [-0.39, 0.29) is 18.0 Å². The number of ether oxygens (including phenoxy) is 3. The average Bonchev–Trinajstić information content (AvgIpc) is 2.50. The smallest absolute Gasteiger partial charge is 0.189 e. The van der Waals surface area contributed by atoms with E-state index in [1.54, 1.807) is 19.1 Å². The Kier molecular flexibility index (Phi) is 1.68. The number of hydrogen-bond donors (Lipinski definition) is 0. The van der Waals surface area contributed by atoms with Gasteiger partial charge >= 0.3 is 0 Å². The normalized spacial score (nSPS) is 53.1. The van der Waals surface area contributed by atoms with Gasteiger partial charge in [0.1, 0.15) is 17.8 Å². The fraction of sp³-hybridized carbons (Fsp3) is 0.750. The summed E-state index contributed by atoms with van der Waals surface area (Å²) in [5, 5.41) is 0. The largest absolute Gasteiger partial charge is 0.354 e. The molecule has 88 valence electrons. The number of rotatable bonds is 0. The van der Waals surface area contributed by atoms with Crippen molar-refractivity contribution in [1.82, 2.24) is 0 Å². The van der Waals surface area contributed by atoms with Crippen LogP contribution in [0.1, 0.15) is 27.7 Å². The van der Waals surface area contributed by atoms with Crippen molar-refractivity contribution in [3.8, 4) is 0 Å². The summed E-state index contributed by atoms with van der Waals surface area (Å²) in [5.41, 5.74) is -1.47. The van der Waals surface area contributed by atoms with Gasteiger partial charge < -0.3 is 14.2 Å². The molecule has 0 aromatic carbocycles. The molecule has 0 spiro atoms. The highest BCUT2D eigenvalue weighted by atomic mass is 16.8. The first-order valence-electron chi connectivity index (χ1n) is 5.56. The predicted molar refractivity (Wildman–Crippen MR) is 55.9 cm³/mol. The van der Waals surface area contributed by atoms with Crippen LogP contribution in [0.3, 0.4) is 0 Å². The van der Waals surface area contributed by atoms with Crippen molar-refractivity contribution in [2.75, 3.05) is 0 Å². The number of carbonyl (C=O) groups is 1. The van der Waals surface area contributed by atoms with Crippen LogP contribution in [0.4, 0.5) is 0 Å². The van der Waals surface area contributed by atoms with Crippen LogP contribution >= 0.6 is 0 Å². The Balaban J connectivity index is 2.11. The van der Waals surface area contributed by atoms with Crippen molar-refractivity contribution < 1.29 is 19.0 Å². The molecule has 0 saturated carbocycles. The van der Waals surface area contributed by atoms with E-state index in [2.05, 4.69) is 0 Å². The summed E-state index contributed by atoms with van der Waals surface area (Å²) in [4.78, 5) is 11.9. The Morgan fingerprint density at radius 1 is 1.19 bits per heavy atom. The van der Waals surface area contributed by atoms with Gasteiger partial charge in [-0.2, -0.15) is 0 Å². The Labute approximate surface area is 94.5 Å². The van der Waals surface area contributed by atoms with Crippen LogP contribution in [0, 0.1) is 0 Å². The molecule has 16 heavy (non-hydrogen) atoms. The Morgan fingerprint density at radius 3 is 2.56 bits per heavy atom. The zero-order valence-electron chi connectivity index (χ0n) is 9.94. The molecular formula is C12H16O4. The molecule has 0 amide bonds. The molecule has 0 aromatic rings. The second-order valence-electron chi connectivity index (χ2n) is 5.55. The fourth-order valence-corrected chi connectivity index (χ4v) is 3.08. The van der Waals surface area contributed by atoms with E-state index in [1.165, 1.54) is 0 Å². The molecule has 4 nitrogen and oxygen atoms in total. The molecule has 0 radical (unpaired) electrons. The van der Waals surface area contributed by atoms with Crippen molar-refractivity contribution in [2.45, 2.75) is 56.9 Å². The number of ketones is 1. The maximum absolute atomic E-state index is 11.9. The van der Waals surface area contributed by atoms with Gasteiger partial charge in [-0.25, -0.2) is 0 Å². The van der Waals surface area contributed by atoms with E-state index >= 15 is 0 Å². The molecule has 0 unspecified atom stereocenters. The quantitative estimate of drug-likeness (QED) is 0.620. The maximum atomic E-state index is 11.9. The molecule has 2 saturated heterocycles. The monoisotopic (exact) mass is 224 g/mol. The van der Waals surface area contributed by atoms with Crippen molar-refractivity contribution in [3.63, 3.8) is 0 Å². The highest BCUT2D eigenvalue weighted by molar-refractivity contribution is 5.99. The van der Waals surface area contributed by atoms with E-state index in [1.807, 2.05) is 20.8 Å². The summed E-state index contributed by atoms with van der Waals surface area (Å²) >= 11 is 0. The standard InChI is InChI=1S/C12H16O4/c1-10(2)15-9-11(3)7(13)5-6-8(14-11)12(9,4)16-10/h5-6,8-9H,1-4H3/t8-,9+,11+,12-/m0/s1. The first-order valence-corrected chi connectivity index (χ1v) is 5.56. The lowest BCUT2D eigenvalue weighted by Crippen LogP contribution is -2.49. The Bertz CT molecular complexity index is 400. The van der Waals surface area contributed by atoms with E-state index in [0.717, 1.165) is 0 Å². The SMILES string of the molecule is CC1(C)O[C@H]2[C@@](C)(O1)[C@@H]1C=CC(=O)[C@@]2(C)O1. The van der Waals surface area contributed by atoms with Gasteiger partial charge in [-0.15, -0.1) is 0 Å². The fourth-order valence-electron chi connectivity index (χ4n) is 3.08. The zero-order chi connectivity index (χ0) is 11.8. The Hall–Kier alpha value is -0.710. The third kappa shape index (κ3) is 1.02. The van der Waals surface area contributed by atoms with Gasteiger partial charge in [-0.05, 0) is 39.8 Å². The van der Waals surface area contributed by atoms with Crippen LogP contribution in [-0.2, 0) is 19.0 Å². The van der Waals surface area contributed by atoms with Gasteiger partial charge in [0.15, 0.2) is 17.2 Å². The third-order valence-corrected chi connectivity index (χ3v) is 3.74. The molecule has 2 fully saturated rings. The first-order chi connectivity index (χ1) is 7.28. The molecule has 3 aliphatic heterocycles. The minimum absolute atomic E-state index is 0.0428. The van der Waals surface area contributed by atoms with Crippen LogP contribution in [0.5, 0.6) is 0 Å². The number of hydrogen-bond acceptors (Lipinski definition) is 4. The highest BCUT2D eigenvalue weighted by Gasteiger charge is 2.70. The Morgan fingerprint density at radius 2 is 1.88 bits per heavy atom. The minimum Gasteiger partial charge on any atom is -0.354 e. The highest BCUT2D eigenvalue weighted by Crippen LogP contribution is 2.53. The van der Waals surface area contributed by atoms with E-state index < -0.39 is 17.0 Å². The van der Waals surface area contributed by atoms with Crippen LogP contribution in [0.2, 0.25) is 0 Å². The lowest BCUT2D eigenvalue weighted by atomic mass is 9.87. The van der Waals surface area contributed by atoms with Crippen molar-refractivity contribution >= 4 is 5.78 Å². The summed E-state index contributed by atoms with van der Waals surface area (Å²) in [6, 6.07) is 0. The van der Waals surface area contributed by atoms with Gasteiger partial charge in [0.25, 0.3) is 0 Å². The summed E-state index contributed by atoms with van der Waals surface area (Å²) in [6.07, 6.45) is 2.80. The first kappa shape index (κ1) is 10.4. The average molecular weight is 224 g/mol.